The Morgan fingerprint density at radius 3 is 2.60 bits per heavy atom. The van der Waals surface area contributed by atoms with Crippen molar-refractivity contribution in [3.63, 3.8) is 0 Å². The summed E-state index contributed by atoms with van der Waals surface area (Å²) >= 11 is 3.89. The van der Waals surface area contributed by atoms with Gasteiger partial charge in [-0.3, -0.25) is 4.79 Å². The van der Waals surface area contributed by atoms with Gasteiger partial charge in [-0.15, -0.1) is 23.5 Å². The van der Waals surface area contributed by atoms with E-state index in [1.54, 1.807) is 12.1 Å². The molecule has 1 amide bonds. The number of nitrogens with one attached hydrogen (secondary N) is 1. The summed E-state index contributed by atoms with van der Waals surface area (Å²) in [4.78, 5) is 23.8. The van der Waals surface area contributed by atoms with Crippen LogP contribution in [0.2, 0.25) is 0 Å². The van der Waals surface area contributed by atoms with Gasteiger partial charge in [0.15, 0.2) is 6.61 Å². The minimum Gasteiger partial charge on any atom is -0.452 e. The minimum absolute atomic E-state index is 0.0859. The number of hydrogen-bond donors (Lipinski definition) is 1. The molecule has 0 aromatic heterocycles. The third kappa shape index (κ3) is 5.66. The summed E-state index contributed by atoms with van der Waals surface area (Å²) in [6.07, 6.45) is 3.33. The summed E-state index contributed by atoms with van der Waals surface area (Å²) in [6, 6.07) is 7.50. The molecule has 1 aromatic carbocycles. The highest BCUT2D eigenvalue weighted by molar-refractivity contribution is 8.16. The first kappa shape index (κ1) is 18.6. The number of rotatable bonds is 6. The zero-order valence-electron chi connectivity index (χ0n) is 14.1. The van der Waals surface area contributed by atoms with Crippen molar-refractivity contribution in [2.45, 2.75) is 29.9 Å². The van der Waals surface area contributed by atoms with Crippen LogP contribution in [-0.2, 0) is 14.3 Å². The van der Waals surface area contributed by atoms with Gasteiger partial charge in [0, 0.05) is 13.2 Å². The fourth-order valence-corrected chi connectivity index (χ4v) is 5.65. The van der Waals surface area contributed by atoms with Crippen LogP contribution in [0.15, 0.2) is 24.3 Å². The van der Waals surface area contributed by atoms with E-state index in [9.17, 15) is 9.59 Å². The highest BCUT2D eigenvalue weighted by atomic mass is 32.2. The Bertz CT molecular complexity index is 581. The molecule has 2 aliphatic rings. The van der Waals surface area contributed by atoms with Gasteiger partial charge in [-0.05, 0) is 48.5 Å². The molecule has 0 bridgehead atoms. The molecule has 2 heterocycles. The summed E-state index contributed by atoms with van der Waals surface area (Å²) in [6.45, 7) is 0.965. The van der Waals surface area contributed by atoms with Crippen LogP contribution in [0.4, 0.5) is 0 Å². The molecule has 0 spiro atoms. The zero-order valence-corrected chi connectivity index (χ0v) is 15.7. The van der Waals surface area contributed by atoms with Crippen LogP contribution in [0.1, 0.15) is 39.8 Å². The number of thioether (sulfide) groups is 2. The van der Waals surface area contributed by atoms with E-state index >= 15 is 0 Å². The average Bonchev–Trinajstić information content (AvgIpc) is 3.19. The molecule has 2 fully saturated rings. The van der Waals surface area contributed by atoms with Gasteiger partial charge >= 0.3 is 5.97 Å². The van der Waals surface area contributed by atoms with Crippen molar-refractivity contribution in [3.8, 4) is 0 Å². The monoisotopic (exact) mass is 381 g/mol. The average molecular weight is 382 g/mol. The Morgan fingerprint density at radius 2 is 1.92 bits per heavy atom. The molecule has 1 N–H and O–H groups in total. The molecule has 25 heavy (non-hydrogen) atoms. The molecule has 0 saturated carbocycles. The van der Waals surface area contributed by atoms with E-state index in [-0.39, 0.29) is 18.6 Å². The summed E-state index contributed by atoms with van der Waals surface area (Å²) in [5.74, 6) is 1.60. The van der Waals surface area contributed by atoms with Gasteiger partial charge in [0.1, 0.15) is 0 Å². The van der Waals surface area contributed by atoms with Crippen LogP contribution >= 0.6 is 23.5 Å². The topological polar surface area (TPSA) is 64.6 Å². The van der Waals surface area contributed by atoms with Gasteiger partial charge in [-0.1, -0.05) is 12.1 Å². The Morgan fingerprint density at radius 1 is 1.16 bits per heavy atom. The summed E-state index contributed by atoms with van der Waals surface area (Å²) in [5, 5.41) is 2.74. The lowest BCUT2D eigenvalue weighted by molar-refractivity contribution is -0.124. The lowest BCUT2D eigenvalue weighted by Crippen LogP contribution is -2.34. The van der Waals surface area contributed by atoms with Gasteiger partial charge < -0.3 is 14.8 Å². The van der Waals surface area contributed by atoms with Crippen LogP contribution in [0, 0.1) is 0 Å². The number of amides is 1. The maximum atomic E-state index is 12.1. The first-order chi connectivity index (χ1) is 12.2. The molecule has 0 radical (unpaired) electrons. The fourth-order valence-electron chi connectivity index (χ4n) is 2.76. The second kappa shape index (κ2) is 9.50. The predicted molar refractivity (Wildman–Crippen MR) is 101 cm³/mol. The molecule has 136 valence electrons. The van der Waals surface area contributed by atoms with Gasteiger partial charge in [-0.25, -0.2) is 4.79 Å². The molecular formula is C18H23NO4S2. The number of ether oxygens (including phenoxy) is 2. The largest absolute Gasteiger partial charge is 0.452 e. The van der Waals surface area contributed by atoms with Crippen molar-refractivity contribution in [2.24, 2.45) is 0 Å². The highest BCUT2D eigenvalue weighted by Crippen LogP contribution is 2.43. The Labute approximate surface area is 156 Å². The first-order valence-electron chi connectivity index (χ1n) is 8.61. The van der Waals surface area contributed by atoms with E-state index in [1.807, 2.05) is 35.7 Å². The van der Waals surface area contributed by atoms with Gasteiger partial charge in [0.05, 0.1) is 16.2 Å². The van der Waals surface area contributed by atoms with Crippen molar-refractivity contribution in [3.05, 3.63) is 35.4 Å². The molecule has 5 nitrogen and oxygen atoms in total. The van der Waals surface area contributed by atoms with Crippen molar-refractivity contribution >= 4 is 35.4 Å². The van der Waals surface area contributed by atoms with E-state index in [2.05, 4.69) is 5.32 Å². The fraction of sp³-hybridized carbons (Fsp3) is 0.556. The van der Waals surface area contributed by atoms with Crippen LogP contribution in [0.3, 0.4) is 0 Å². The Kier molecular flexibility index (Phi) is 7.07. The van der Waals surface area contributed by atoms with Crippen LogP contribution < -0.4 is 5.32 Å². The predicted octanol–water partition coefficient (Wildman–Crippen LogP) is 3.01. The summed E-state index contributed by atoms with van der Waals surface area (Å²) in [7, 11) is 0. The van der Waals surface area contributed by atoms with Crippen LogP contribution in [-0.4, -0.2) is 49.2 Å². The SMILES string of the molecule is O=C(COC(=O)c1ccc(C2SCCCS2)cc1)NC[C@H]1CCCO1. The number of hydrogen-bond acceptors (Lipinski definition) is 6. The number of benzene rings is 1. The van der Waals surface area contributed by atoms with Crippen LogP contribution in [0.5, 0.6) is 0 Å². The van der Waals surface area contributed by atoms with Gasteiger partial charge in [-0.2, -0.15) is 0 Å². The van der Waals surface area contributed by atoms with Crippen LogP contribution in [0.25, 0.3) is 0 Å². The minimum atomic E-state index is -0.470. The second-order valence-corrected chi connectivity index (χ2v) is 8.79. The highest BCUT2D eigenvalue weighted by Gasteiger charge is 2.18. The molecule has 0 unspecified atom stereocenters. The maximum absolute atomic E-state index is 12.1. The number of carbonyl (C=O) groups excluding carboxylic acids is 2. The van der Waals surface area contributed by atoms with Crippen molar-refractivity contribution in [1.82, 2.24) is 5.32 Å². The van der Waals surface area contributed by atoms with Crippen molar-refractivity contribution < 1.29 is 19.1 Å². The van der Waals surface area contributed by atoms with E-state index in [4.69, 9.17) is 9.47 Å². The van der Waals surface area contributed by atoms with Gasteiger partial charge in [0.2, 0.25) is 0 Å². The molecule has 1 atom stereocenters. The standard InChI is InChI=1S/C18H23NO4S2/c20-16(19-11-15-3-1-8-22-15)12-23-17(21)13-4-6-14(7-5-13)18-24-9-2-10-25-18/h4-7,15,18H,1-3,8-12H2,(H,19,20)/t15-/m1/s1. The van der Waals surface area contributed by atoms with E-state index in [0.717, 1.165) is 19.4 Å². The molecule has 3 rings (SSSR count). The molecule has 0 aliphatic carbocycles. The first-order valence-corrected chi connectivity index (χ1v) is 10.7. The molecule has 7 heteroatoms. The molecular weight excluding hydrogens is 358 g/mol. The molecule has 2 saturated heterocycles. The van der Waals surface area contributed by atoms with Crippen molar-refractivity contribution in [1.29, 1.82) is 0 Å². The number of esters is 1. The normalized spacial score (nSPS) is 21.0. The van der Waals surface area contributed by atoms with E-state index in [1.165, 1.54) is 23.5 Å². The lowest BCUT2D eigenvalue weighted by Gasteiger charge is -2.21. The third-order valence-electron chi connectivity index (χ3n) is 4.13. The second-order valence-electron chi connectivity index (χ2n) is 6.06. The molecule has 1 aromatic rings. The third-order valence-corrected chi connectivity index (χ3v) is 7.15. The van der Waals surface area contributed by atoms with E-state index in [0.29, 0.717) is 16.7 Å². The summed E-state index contributed by atoms with van der Waals surface area (Å²) in [5.41, 5.74) is 1.70. The Balaban J connectivity index is 1.42. The van der Waals surface area contributed by atoms with Gasteiger partial charge in [0.25, 0.3) is 5.91 Å². The van der Waals surface area contributed by atoms with Crippen molar-refractivity contribution in [2.75, 3.05) is 31.3 Å². The smallest absolute Gasteiger partial charge is 0.338 e. The quantitative estimate of drug-likeness (QED) is 0.764. The molecule has 2 aliphatic heterocycles. The lowest BCUT2D eigenvalue weighted by atomic mass is 10.1. The number of carbonyl (C=O) groups is 2. The zero-order chi connectivity index (χ0) is 17.5. The van der Waals surface area contributed by atoms with E-state index < -0.39 is 5.97 Å². The summed E-state index contributed by atoms with van der Waals surface area (Å²) < 4.78 is 11.0. The maximum Gasteiger partial charge on any atom is 0.338 e. The Hall–Kier alpha value is -1.18.